The summed E-state index contributed by atoms with van der Waals surface area (Å²) in [7, 11) is -3.06. The van der Waals surface area contributed by atoms with Gasteiger partial charge in [-0.1, -0.05) is 19.3 Å². The molecule has 1 unspecified atom stereocenters. The molecule has 94 valence electrons. The Bertz CT molecular complexity index is 359. The van der Waals surface area contributed by atoms with Crippen molar-refractivity contribution >= 4 is 9.84 Å². The molecule has 2 aliphatic rings. The van der Waals surface area contributed by atoms with Crippen LogP contribution in [0.1, 0.15) is 44.9 Å². The van der Waals surface area contributed by atoms with Gasteiger partial charge in [0.15, 0.2) is 9.84 Å². The van der Waals surface area contributed by atoms with Crippen LogP contribution in [0.5, 0.6) is 0 Å². The third-order valence-corrected chi connectivity index (χ3v) is 6.03. The van der Waals surface area contributed by atoms with E-state index < -0.39 is 21.0 Å². The number of hydrogen-bond donors (Lipinski definition) is 2. The Balaban J connectivity index is 2.23. The van der Waals surface area contributed by atoms with Crippen molar-refractivity contribution in [2.45, 2.75) is 56.1 Å². The maximum absolute atomic E-state index is 11.7. The van der Waals surface area contributed by atoms with Crippen molar-refractivity contribution in [3.63, 3.8) is 0 Å². The molecule has 1 saturated heterocycles. The van der Waals surface area contributed by atoms with Crippen LogP contribution in [-0.2, 0) is 9.84 Å². The van der Waals surface area contributed by atoms with Crippen LogP contribution in [0.4, 0.5) is 0 Å². The van der Waals surface area contributed by atoms with Gasteiger partial charge in [0.2, 0.25) is 0 Å². The van der Waals surface area contributed by atoms with E-state index in [1.165, 1.54) is 0 Å². The number of sulfone groups is 1. The number of aliphatic hydroxyl groups is 1. The Morgan fingerprint density at radius 3 is 2.19 bits per heavy atom. The standard InChI is InChI=1S/C11H21NO3S/c12-10(5-4-8-16(14,15)9-10)11(13)6-2-1-3-7-11/h13H,1-9,12H2. The summed E-state index contributed by atoms with van der Waals surface area (Å²) in [5.74, 6) is 0.179. The highest BCUT2D eigenvalue weighted by Crippen LogP contribution is 2.40. The van der Waals surface area contributed by atoms with E-state index in [0.717, 1.165) is 19.3 Å². The molecule has 1 saturated carbocycles. The zero-order chi connectivity index (χ0) is 11.9. The molecule has 0 bridgehead atoms. The Labute approximate surface area is 97.1 Å². The molecular weight excluding hydrogens is 226 g/mol. The predicted octanol–water partition coefficient (Wildman–Crippen LogP) is 0.588. The molecule has 3 N–H and O–H groups in total. The van der Waals surface area contributed by atoms with E-state index in [1.54, 1.807) is 0 Å². The molecule has 0 amide bonds. The van der Waals surface area contributed by atoms with Crippen LogP contribution >= 0.6 is 0 Å². The van der Waals surface area contributed by atoms with Crippen molar-refractivity contribution in [2.24, 2.45) is 5.73 Å². The molecule has 1 heterocycles. The van der Waals surface area contributed by atoms with Gasteiger partial charge in [-0.05, 0) is 25.7 Å². The molecule has 2 fully saturated rings. The lowest BCUT2D eigenvalue weighted by molar-refractivity contribution is -0.0609. The molecule has 0 spiro atoms. The van der Waals surface area contributed by atoms with Crippen molar-refractivity contribution in [1.29, 1.82) is 0 Å². The first kappa shape index (κ1) is 12.3. The fourth-order valence-corrected chi connectivity index (χ4v) is 5.07. The molecular formula is C11H21NO3S. The molecule has 4 nitrogen and oxygen atoms in total. The Morgan fingerprint density at radius 2 is 1.62 bits per heavy atom. The monoisotopic (exact) mass is 247 g/mol. The normalized spacial score (nSPS) is 38.1. The van der Waals surface area contributed by atoms with Gasteiger partial charge in [-0.3, -0.25) is 0 Å². The van der Waals surface area contributed by atoms with E-state index in [1.807, 2.05) is 0 Å². The minimum absolute atomic E-state index is 0.0451. The molecule has 0 radical (unpaired) electrons. The van der Waals surface area contributed by atoms with Gasteiger partial charge in [0.25, 0.3) is 0 Å². The third kappa shape index (κ3) is 2.13. The van der Waals surface area contributed by atoms with Gasteiger partial charge in [0.1, 0.15) is 0 Å². The van der Waals surface area contributed by atoms with Crippen molar-refractivity contribution in [2.75, 3.05) is 11.5 Å². The molecule has 0 aromatic carbocycles. The molecule has 0 aromatic rings. The average Bonchev–Trinajstić information content (AvgIpc) is 2.16. The van der Waals surface area contributed by atoms with Gasteiger partial charge in [-0.15, -0.1) is 0 Å². The summed E-state index contributed by atoms with van der Waals surface area (Å²) >= 11 is 0. The van der Waals surface area contributed by atoms with Gasteiger partial charge in [-0.2, -0.15) is 0 Å². The third-order valence-electron chi connectivity index (χ3n) is 4.16. The maximum Gasteiger partial charge on any atom is 0.152 e. The average molecular weight is 247 g/mol. The number of nitrogens with two attached hydrogens (primary N) is 1. The van der Waals surface area contributed by atoms with Crippen LogP contribution in [0.25, 0.3) is 0 Å². The highest BCUT2D eigenvalue weighted by molar-refractivity contribution is 7.91. The Hall–Kier alpha value is -0.130. The SMILES string of the molecule is NC1(C2(O)CCCCC2)CCCS(=O)(=O)C1. The van der Waals surface area contributed by atoms with Crippen LogP contribution < -0.4 is 5.73 Å². The zero-order valence-electron chi connectivity index (χ0n) is 9.61. The van der Waals surface area contributed by atoms with E-state index >= 15 is 0 Å². The Kier molecular flexibility index (Phi) is 3.05. The smallest absolute Gasteiger partial charge is 0.152 e. The summed E-state index contributed by atoms with van der Waals surface area (Å²) in [5.41, 5.74) is 4.34. The lowest BCUT2D eigenvalue weighted by atomic mass is 9.70. The summed E-state index contributed by atoms with van der Waals surface area (Å²) in [4.78, 5) is 0. The highest BCUT2D eigenvalue weighted by atomic mass is 32.2. The fourth-order valence-electron chi connectivity index (χ4n) is 3.15. The molecule has 16 heavy (non-hydrogen) atoms. The first-order valence-electron chi connectivity index (χ1n) is 6.09. The van der Waals surface area contributed by atoms with Crippen molar-refractivity contribution in [1.82, 2.24) is 0 Å². The highest BCUT2D eigenvalue weighted by Gasteiger charge is 2.51. The fraction of sp³-hybridized carbons (Fsp3) is 1.00. The first-order chi connectivity index (χ1) is 7.37. The van der Waals surface area contributed by atoms with Crippen molar-refractivity contribution < 1.29 is 13.5 Å². The van der Waals surface area contributed by atoms with Crippen LogP contribution in [0.2, 0.25) is 0 Å². The topological polar surface area (TPSA) is 80.4 Å². The molecule has 5 heteroatoms. The lowest BCUT2D eigenvalue weighted by Gasteiger charge is -2.48. The lowest BCUT2D eigenvalue weighted by Crippen LogP contribution is -2.66. The van der Waals surface area contributed by atoms with E-state index in [9.17, 15) is 13.5 Å². The molecule has 1 atom stereocenters. The van der Waals surface area contributed by atoms with Gasteiger partial charge in [-0.25, -0.2) is 8.42 Å². The molecule has 1 aliphatic carbocycles. The number of rotatable bonds is 1. The van der Waals surface area contributed by atoms with Gasteiger partial charge in [0.05, 0.1) is 22.6 Å². The number of hydrogen-bond acceptors (Lipinski definition) is 4. The second kappa shape index (κ2) is 3.96. The quantitative estimate of drug-likeness (QED) is 0.710. The summed E-state index contributed by atoms with van der Waals surface area (Å²) in [5, 5.41) is 10.6. The van der Waals surface area contributed by atoms with E-state index in [0.29, 0.717) is 25.7 Å². The minimum atomic E-state index is -3.06. The second-order valence-corrected chi connectivity index (χ2v) is 7.63. The van der Waals surface area contributed by atoms with Crippen molar-refractivity contribution in [3.8, 4) is 0 Å². The first-order valence-corrected chi connectivity index (χ1v) is 7.91. The van der Waals surface area contributed by atoms with E-state index in [4.69, 9.17) is 5.73 Å². The summed E-state index contributed by atoms with van der Waals surface area (Å²) in [6, 6.07) is 0. The molecule has 2 rings (SSSR count). The van der Waals surface area contributed by atoms with Crippen LogP contribution in [0.3, 0.4) is 0 Å². The second-order valence-electron chi connectivity index (χ2n) is 5.44. The summed E-state index contributed by atoms with van der Waals surface area (Å²) in [6.45, 7) is 0. The van der Waals surface area contributed by atoms with Crippen LogP contribution in [0, 0.1) is 0 Å². The molecule has 0 aromatic heterocycles. The van der Waals surface area contributed by atoms with Gasteiger partial charge < -0.3 is 10.8 Å². The van der Waals surface area contributed by atoms with Gasteiger partial charge >= 0.3 is 0 Å². The van der Waals surface area contributed by atoms with Gasteiger partial charge in [0, 0.05) is 0 Å². The van der Waals surface area contributed by atoms with Crippen LogP contribution in [-0.4, -0.2) is 36.2 Å². The van der Waals surface area contributed by atoms with Crippen molar-refractivity contribution in [3.05, 3.63) is 0 Å². The Morgan fingerprint density at radius 1 is 1.00 bits per heavy atom. The molecule has 1 aliphatic heterocycles. The van der Waals surface area contributed by atoms with E-state index in [-0.39, 0.29) is 11.5 Å². The minimum Gasteiger partial charge on any atom is -0.388 e. The maximum atomic E-state index is 11.7. The zero-order valence-corrected chi connectivity index (χ0v) is 10.4. The summed E-state index contributed by atoms with van der Waals surface area (Å²) in [6.07, 6.45) is 5.54. The summed E-state index contributed by atoms with van der Waals surface area (Å²) < 4.78 is 23.3. The van der Waals surface area contributed by atoms with Crippen LogP contribution in [0.15, 0.2) is 0 Å². The largest absolute Gasteiger partial charge is 0.388 e. The van der Waals surface area contributed by atoms with E-state index in [2.05, 4.69) is 0 Å². The predicted molar refractivity (Wildman–Crippen MR) is 62.8 cm³/mol.